The van der Waals surface area contributed by atoms with E-state index < -0.39 is 47.1 Å². The molecule has 1 aromatic rings. The lowest BCUT2D eigenvalue weighted by Crippen LogP contribution is -2.46. The standard InChI is InChI=1S/C17H21F4NO4/c1-15(2,3)26-14(24)22(9-16(4,5)25-10-23)12-8-6-7-11(13(12)18)17(19,20)21/h6-8,10H,9H2,1-5H3. The first kappa shape index (κ1) is 21.7. The Kier molecular flexibility index (Phi) is 6.27. The summed E-state index contributed by atoms with van der Waals surface area (Å²) in [7, 11) is 0. The smallest absolute Gasteiger partial charge is 0.419 e. The summed E-state index contributed by atoms with van der Waals surface area (Å²) in [6.45, 7) is 7.22. The molecule has 0 bridgehead atoms. The highest BCUT2D eigenvalue weighted by Crippen LogP contribution is 2.36. The summed E-state index contributed by atoms with van der Waals surface area (Å²) in [5, 5.41) is 0. The molecule has 0 aliphatic carbocycles. The fourth-order valence-electron chi connectivity index (χ4n) is 2.06. The number of hydrogen-bond acceptors (Lipinski definition) is 4. The molecule has 0 radical (unpaired) electrons. The van der Waals surface area contributed by atoms with Crippen LogP contribution >= 0.6 is 0 Å². The Morgan fingerprint density at radius 2 is 1.73 bits per heavy atom. The van der Waals surface area contributed by atoms with Gasteiger partial charge in [-0.3, -0.25) is 9.69 Å². The summed E-state index contributed by atoms with van der Waals surface area (Å²) in [5.41, 5.74) is -4.41. The van der Waals surface area contributed by atoms with E-state index in [0.717, 1.165) is 12.1 Å². The molecule has 0 atom stereocenters. The van der Waals surface area contributed by atoms with Gasteiger partial charge in [0, 0.05) is 0 Å². The highest BCUT2D eigenvalue weighted by Gasteiger charge is 2.38. The predicted molar refractivity (Wildman–Crippen MR) is 86.2 cm³/mol. The average molecular weight is 379 g/mol. The number of halogens is 4. The number of benzene rings is 1. The van der Waals surface area contributed by atoms with E-state index in [-0.39, 0.29) is 6.47 Å². The van der Waals surface area contributed by atoms with Crippen LogP contribution in [0.1, 0.15) is 40.2 Å². The molecule has 0 N–H and O–H groups in total. The number of ether oxygens (including phenoxy) is 2. The van der Waals surface area contributed by atoms with Crippen LogP contribution in [0.25, 0.3) is 0 Å². The van der Waals surface area contributed by atoms with Crippen molar-refractivity contribution in [2.24, 2.45) is 0 Å². The van der Waals surface area contributed by atoms with Crippen LogP contribution in [-0.2, 0) is 20.4 Å². The van der Waals surface area contributed by atoms with E-state index in [0.29, 0.717) is 11.0 Å². The minimum absolute atomic E-state index is 0.135. The van der Waals surface area contributed by atoms with E-state index in [9.17, 15) is 27.2 Å². The molecule has 26 heavy (non-hydrogen) atoms. The fourth-order valence-corrected chi connectivity index (χ4v) is 2.06. The van der Waals surface area contributed by atoms with Gasteiger partial charge in [0.15, 0.2) is 5.82 Å². The highest BCUT2D eigenvalue weighted by atomic mass is 19.4. The summed E-state index contributed by atoms with van der Waals surface area (Å²) >= 11 is 0. The van der Waals surface area contributed by atoms with Crippen LogP contribution < -0.4 is 4.90 Å². The van der Waals surface area contributed by atoms with Crippen LogP contribution in [0.2, 0.25) is 0 Å². The first-order chi connectivity index (χ1) is 11.7. The second kappa shape index (κ2) is 7.51. The zero-order valence-corrected chi connectivity index (χ0v) is 15.1. The van der Waals surface area contributed by atoms with Gasteiger partial charge in [-0.25, -0.2) is 9.18 Å². The number of alkyl halides is 3. The van der Waals surface area contributed by atoms with E-state index in [4.69, 9.17) is 9.47 Å². The number of carbonyl (C=O) groups excluding carboxylic acids is 2. The molecule has 1 aromatic carbocycles. The maximum Gasteiger partial charge on any atom is 0.419 e. The van der Waals surface area contributed by atoms with Gasteiger partial charge >= 0.3 is 12.3 Å². The quantitative estimate of drug-likeness (QED) is 0.557. The Morgan fingerprint density at radius 3 is 2.19 bits per heavy atom. The third kappa shape index (κ3) is 5.89. The third-order valence-corrected chi connectivity index (χ3v) is 3.09. The first-order valence-electron chi connectivity index (χ1n) is 7.65. The summed E-state index contributed by atoms with van der Waals surface area (Å²) in [4.78, 5) is 23.8. The molecule has 0 saturated heterocycles. The van der Waals surface area contributed by atoms with Crippen LogP contribution in [-0.4, -0.2) is 30.3 Å². The highest BCUT2D eigenvalue weighted by molar-refractivity contribution is 5.88. The molecule has 1 rings (SSSR count). The lowest BCUT2D eigenvalue weighted by atomic mass is 10.1. The van der Waals surface area contributed by atoms with Crippen LogP contribution in [0.3, 0.4) is 0 Å². The number of anilines is 1. The van der Waals surface area contributed by atoms with E-state index >= 15 is 0 Å². The lowest BCUT2D eigenvalue weighted by Gasteiger charge is -2.33. The molecule has 0 heterocycles. The Labute approximate surface area is 148 Å². The molecule has 9 heteroatoms. The SMILES string of the molecule is CC(C)(C)OC(=O)N(CC(C)(C)OC=O)c1cccc(C(F)(F)F)c1F. The van der Waals surface area contributed by atoms with Gasteiger partial charge < -0.3 is 9.47 Å². The van der Waals surface area contributed by atoms with E-state index in [1.54, 1.807) is 20.8 Å². The van der Waals surface area contributed by atoms with Crippen LogP contribution in [0, 0.1) is 5.82 Å². The molecule has 5 nitrogen and oxygen atoms in total. The fraction of sp³-hybridized carbons (Fsp3) is 0.529. The van der Waals surface area contributed by atoms with Crippen molar-refractivity contribution < 1.29 is 36.6 Å². The summed E-state index contributed by atoms with van der Waals surface area (Å²) < 4.78 is 63.4. The Hall–Kier alpha value is -2.32. The van der Waals surface area contributed by atoms with Crippen molar-refractivity contribution in [3.8, 4) is 0 Å². The molecule has 146 valence electrons. The molecule has 1 amide bonds. The summed E-state index contributed by atoms with van der Waals surface area (Å²) in [6, 6.07) is 2.57. The third-order valence-electron chi connectivity index (χ3n) is 3.09. The van der Waals surface area contributed by atoms with Gasteiger partial charge in [-0.1, -0.05) is 6.07 Å². The van der Waals surface area contributed by atoms with E-state index in [1.807, 2.05) is 0 Å². The monoisotopic (exact) mass is 379 g/mol. The van der Waals surface area contributed by atoms with E-state index in [1.165, 1.54) is 13.8 Å². The van der Waals surface area contributed by atoms with E-state index in [2.05, 4.69) is 0 Å². The maximum absolute atomic E-state index is 14.5. The van der Waals surface area contributed by atoms with Gasteiger partial charge in [-0.2, -0.15) is 13.2 Å². The van der Waals surface area contributed by atoms with Crippen LogP contribution in [0.4, 0.5) is 28.0 Å². The number of carbonyl (C=O) groups is 2. The minimum Gasteiger partial charge on any atom is -0.460 e. The number of hydrogen-bond donors (Lipinski definition) is 0. The molecule has 0 fully saturated rings. The van der Waals surface area contributed by atoms with Crippen molar-refractivity contribution in [3.63, 3.8) is 0 Å². The number of rotatable bonds is 5. The largest absolute Gasteiger partial charge is 0.460 e. The van der Waals surface area contributed by atoms with Crippen molar-refractivity contribution >= 4 is 18.3 Å². The number of amides is 1. The van der Waals surface area contributed by atoms with Crippen LogP contribution in [0.15, 0.2) is 18.2 Å². The van der Waals surface area contributed by atoms with Gasteiger partial charge in [0.1, 0.15) is 11.2 Å². The molecule has 0 aliphatic heterocycles. The molecule has 0 aliphatic rings. The van der Waals surface area contributed by atoms with Gasteiger partial charge in [-0.05, 0) is 46.8 Å². The second-order valence-corrected chi connectivity index (χ2v) is 7.18. The maximum atomic E-state index is 14.5. The van der Waals surface area contributed by atoms with Gasteiger partial charge in [0.25, 0.3) is 6.47 Å². The second-order valence-electron chi connectivity index (χ2n) is 7.18. The minimum atomic E-state index is -4.94. The molecular weight excluding hydrogens is 358 g/mol. The summed E-state index contributed by atoms with van der Waals surface area (Å²) in [6.07, 6.45) is -6.01. The first-order valence-corrected chi connectivity index (χ1v) is 7.65. The van der Waals surface area contributed by atoms with Crippen molar-refractivity contribution in [1.29, 1.82) is 0 Å². The number of nitrogens with zero attached hydrogens (tertiary/aromatic N) is 1. The molecule has 0 aromatic heterocycles. The van der Waals surface area contributed by atoms with Crippen molar-refractivity contribution in [2.45, 2.75) is 52.0 Å². The zero-order chi connectivity index (χ0) is 20.3. The molecule has 0 unspecified atom stereocenters. The van der Waals surface area contributed by atoms with Gasteiger partial charge in [0.05, 0.1) is 17.8 Å². The lowest BCUT2D eigenvalue weighted by molar-refractivity contribution is -0.140. The zero-order valence-electron chi connectivity index (χ0n) is 15.1. The molecule has 0 saturated carbocycles. The van der Waals surface area contributed by atoms with Gasteiger partial charge in [-0.15, -0.1) is 0 Å². The molecular formula is C17H21F4NO4. The van der Waals surface area contributed by atoms with Crippen molar-refractivity contribution in [1.82, 2.24) is 0 Å². The molecule has 0 spiro atoms. The van der Waals surface area contributed by atoms with Crippen molar-refractivity contribution in [2.75, 3.05) is 11.4 Å². The normalized spacial score (nSPS) is 12.5. The Balaban J connectivity index is 3.41. The summed E-state index contributed by atoms with van der Waals surface area (Å²) in [5.74, 6) is -1.62. The average Bonchev–Trinajstić information content (AvgIpc) is 2.42. The predicted octanol–water partition coefficient (Wildman–Crippen LogP) is 4.54. The Morgan fingerprint density at radius 1 is 1.15 bits per heavy atom. The Bertz CT molecular complexity index is 666. The van der Waals surface area contributed by atoms with Crippen LogP contribution in [0.5, 0.6) is 0 Å². The topological polar surface area (TPSA) is 55.8 Å². The van der Waals surface area contributed by atoms with Gasteiger partial charge in [0.2, 0.25) is 0 Å². The van der Waals surface area contributed by atoms with Crippen molar-refractivity contribution in [3.05, 3.63) is 29.6 Å².